The third-order valence-electron chi connectivity index (χ3n) is 1.40. The van der Waals surface area contributed by atoms with Gasteiger partial charge in [0.1, 0.15) is 0 Å². The maximum absolute atomic E-state index is 7.10. The van der Waals surface area contributed by atoms with Crippen LogP contribution in [0.3, 0.4) is 0 Å². The first-order chi connectivity index (χ1) is 7.26. The molecule has 0 aromatic heterocycles. The summed E-state index contributed by atoms with van der Waals surface area (Å²) >= 11 is 0. The number of benzene rings is 1. The van der Waals surface area contributed by atoms with Gasteiger partial charge in [-0.2, -0.15) is 5.10 Å². The molecule has 5 heteroatoms. The number of hydrogen-bond donors (Lipinski definition) is 2. The Bertz CT molecular complexity index is 321. The highest BCUT2D eigenvalue weighted by Crippen LogP contribution is 2.02. The summed E-state index contributed by atoms with van der Waals surface area (Å²) in [5.41, 5.74) is 2.27. The second kappa shape index (κ2) is 12.2. The Kier molecular flexibility index (Phi) is 12.7. The molecule has 0 unspecified atom stereocenters. The molecule has 4 nitrogen and oxygen atoms in total. The Morgan fingerprint density at radius 2 is 1.93 bits per heavy atom. The molecule has 0 saturated heterocycles. The molecule has 0 heterocycles. The van der Waals surface area contributed by atoms with Crippen molar-refractivity contribution in [2.24, 2.45) is 10.9 Å². The molecule has 0 aliphatic heterocycles. The molecule has 0 spiro atoms. The zero-order valence-corrected chi connectivity index (χ0v) is 8.88. The number of nitriles is 1. The van der Waals surface area contributed by atoms with Gasteiger partial charge in [0.2, 0.25) is 7.85 Å². The lowest BCUT2D eigenvalue weighted by atomic mass is 10.1. The van der Waals surface area contributed by atoms with Crippen LogP contribution < -0.4 is 5.84 Å². The van der Waals surface area contributed by atoms with Crippen molar-refractivity contribution < 1.29 is 5.11 Å². The van der Waals surface area contributed by atoms with Crippen LogP contribution in [-0.4, -0.2) is 26.3 Å². The number of nitrogens with two attached hydrogens (primary N) is 1. The highest BCUT2D eigenvalue weighted by atomic mass is 16.2. The molecule has 0 bridgehead atoms. The van der Waals surface area contributed by atoms with Gasteiger partial charge in [-0.15, -0.1) is 0 Å². The monoisotopic (exact) mass is 203 g/mol. The summed E-state index contributed by atoms with van der Waals surface area (Å²) in [6.07, 6.45) is 1.65. The molecule has 0 aliphatic carbocycles. The first kappa shape index (κ1) is 15.7. The van der Waals surface area contributed by atoms with Gasteiger partial charge in [0.05, 0.1) is 6.21 Å². The van der Waals surface area contributed by atoms with Gasteiger partial charge >= 0.3 is 0 Å². The van der Waals surface area contributed by atoms with E-state index in [-0.39, 0.29) is 0 Å². The molecule has 0 atom stereocenters. The third kappa shape index (κ3) is 8.53. The van der Waals surface area contributed by atoms with Crippen molar-refractivity contribution in [3.05, 3.63) is 35.4 Å². The van der Waals surface area contributed by atoms with Gasteiger partial charge in [-0.3, -0.25) is 0 Å². The van der Waals surface area contributed by atoms with Gasteiger partial charge in [-0.05, 0) is 24.0 Å². The lowest BCUT2D eigenvalue weighted by molar-refractivity contribution is 0.399. The van der Waals surface area contributed by atoms with Crippen molar-refractivity contribution in [2.75, 3.05) is 7.11 Å². The first-order valence-corrected chi connectivity index (χ1v) is 4.09. The minimum absolute atomic E-state index is 1.00. The van der Waals surface area contributed by atoms with E-state index >= 15 is 0 Å². The SMILES string of the molecule is CO.Cc1ccccc1C=NN.[B]C#N. The number of nitrogens with zero attached hydrogens (tertiary/aromatic N) is 2. The normalized spacial score (nSPS) is 7.87. The largest absolute Gasteiger partial charge is 0.400 e. The van der Waals surface area contributed by atoms with Crippen LogP contribution in [0.2, 0.25) is 0 Å². The van der Waals surface area contributed by atoms with Crippen LogP contribution in [0.5, 0.6) is 0 Å². The van der Waals surface area contributed by atoms with Crippen LogP contribution in [0.1, 0.15) is 11.1 Å². The van der Waals surface area contributed by atoms with Crippen molar-refractivity contribution in [1.82, 2.24) is 0 Å². The molecule has 3 N–H and O–H groups in total. The molecular weight excluding hydrogens is 189 g/mol. The molecule has 1 aromatic rings. The minimum atomic E-state index is 1.00. The molecule has 1 aromatic carbocycles. The maximum Gasteiger partial charge on any atom is 0.229 e. The molecule has 0 saturated carbocycles. The zero-order valence-electron chi connectivity index (χ0n) is 8.88. The number of hydrogen-bond acceptors (Lipinski definition) is 4. The van der Waals surface area contributed by atoms with E-state index < -0.39 is 0 Å². The molecule has 2 radical (unpaired) electrons. The average Bonchev–Trinajstić information content (AvgIpc) is 2.26. The van der Waals surface area contributed by atoms with Crippen molar-refractivity contribution in [1.29, 1.82) is 5.26 Å². The summed E-state index contributed by atoms with van der Waals surface area (Å²) in [6, 6.07) is 7.95. The third-order valence-corrected chi connectivity index (χ3v) is 1.40. The highest BCUT2D eigenvalue weighted by molar-refractivity contribution is 6.20. The van der Waals surface area contributed by atoms with E-state index in [9.17, 15) is 0 Å². The summed E-state index contributed by atoms with van der Waals surface area (Å²) in [5, 5.41) is 17.5. The maximum atomic E-state index is 7.10. The standard InChI is InChI=1S/C8H10N2.CBN.CH4O/c1-7-4-2-3-5-8(7)6-10-9;2-1-3;1-2/h2-6H,9H2,1H3;;2H,1H3. The fourth-order valence-corrected chi connectivity index (χ4v) is 0.812. The number of aliphatic hydroxyl groups excluding tert-OH is 1. The number of hydrazone groups is 1. The molecule has 0 aliphatic rings. The van der Waals surface area contributed by atoms with E-state index in [4.69, 9.17) is 16.2 Å². The summed E-state index contributed by atoms with van der Waals surface area (Å²) in [5.74, 6) is 6.25. The van der Waals surface area contributed by atoms with E-state index in [1.807, 2.05) is 31.2 Å². The summed E-state index contributed by atoms with van der Waals surface area (Å²) in [7, 11) is 5.15. The summed E-state index contributed by atoms with van der Waals surface area (Å²) < 4.78 is 0. The van der Waals surface area contributed by atoms with Gasteiger partial charge in [0, 0.05) is 7.11 Å². The molecule has 0 amide bonds. The minimum Gasteiger partial charge on any atom is -0.400 e. The van der Waals surface area contributed by atoms with Crippen molar-refractivity contribution in [3.63, 3.8) is 0 Å². The second-order valence-electron chi connectivity index (χ2n) is 2.26. The Balaban J connectivity index is 0. The average molecular weight is 203 g/mol. The Morgan fingerprint density at radius 1 is 1.47 bits per heavy atom. The summed E-state index contributed by atoms with van der Waals surface area (Å²) in [6.45, 7) is 2.02. The Hall–Kier alpha value is -1.80. The van der Waals surface area contributed by atoms with Crippen LogP contribution in [-0.2, 0) is 0 Å². The van der Waals surface area contributed by atoms with E-state index in [0.29, 0.717) is 0 Å². The van der Waals surface area contributed by atoms with Gasteiger partial charge in [-0.1, -0.05) is 24.3 Å². The fourth-order valence-electron chi connectivity index (χ4n) is 0.812. The Labute approximate surface area is 91.4 Å². The molecule has 15 heavy (non-hydrogen) atoms. The van der Waals surface area contributed by atoms with Crippen LogP contribution >= 0.6 is 0 Å². The van der Waals surface area contributed by atoms with E-state index in [2.05, 4.69) is 12.9 Å². The predicted molar refractivity (Wildman–Crippen MR) is 62.5 cm³/mol. The van der Waals surface area contributed by atoms with Crippen molar-refractivity contribution in [2.45, 2.75) is 6.92 Å². The lowest BCUT2D eigenvalue weighted by Gasteiger charge is -1.95. The lowest BCUT2D eigenvalue weighted by Crippen LogP contribution is -1.88. The van der Waals surface area contributed by atoms with Gasteiger partial charge in [0.15, 0.2) is 0 Å². The first-order valence-electron chi connectivity index (χ1n) is 4.09. The molecule has 78 valence electrons. The van der Waals surface area contributed by atoms with Crippen molar-refractivity contribution in [3.8, 4) is 5.97 Å². The van der Waals surface area contributed by atoms with E-state index in [1.165, 1.54) is 11.5 Å². The second-order valence-corrected chi connectivity index (χ2v) is 2.26. The van der Waals surface area contributed by atoms with Crippen LogP contribution in [0.4, 0.5) is 0 Å². The van der Waals surface area contributed by atoms with Crippen molar-refractivity contribution >= 4 is 14.1 Å². The number of rotatable bonds is 1. The molecular formula is C10H14BN3O. The van der Waals surface area contributed by atoms with Gasteiger partial charge in [-0.25, -0.2) is 5.26 Å². The predicted octanol–water partition coefficient (Wildman–Crippen LogP) is 0.532. The van der Waals surface area contributed by atoms with Gasteiger partial charge in [0.25, 0.3) is 0 Å². The fraction of sp³-hybridized carbons (Fsp3) is 0.200. The van der Waals surface area contributed by atoms with Gasteiger partial charge < -0.3 is 10.9 Å². The van der Waals surface area contributed by atoms with Crippen LogP contribution in [0.25, 0.3) is 0 Å². The zero-order chi connectivity index (χ0) is 12.1. The van der Waals surface area contributed by atoms with Crippen LogP contribution in [0, 0.1) is 18.2 Å². The highest BCUT2D eigenvalue weighted by Gasteiger charge is 1.89. The summed E-state index contributed by atoms with van der Waals surface area (Å²) in [4.78, 5) is 0. The van der Waals surface area contributed by atoms with Crippen LogP contribution in [0.15, 0.2) is 29.4 Å². The smallest absolute Gasteiger partial charge is 0.229 e. The van der Waals surface area contributed by atoms with E-state index in [0.717, 1.165) is 12.7 Å². The number of aryl methyl sites for hydroxylation is 1. The number of aliphatic hydroxyl groups is 1. The molecule has 1 rings (SSSR count). The quantitative estimate of drug-likeness (QED) is 0.302. The Morgan fingerprint density at radius 3 is 2.33 bits per heavy atom. The molecule has 0 fully saturated rings. The van der Waals surface area contributed by atoms with E-state index in [1.54, 1.807) is 6.21 Å². The topological polar surface area (TPSA) is 82.4 Å².